The largest absolute Gasteiger partial charge is 0.475 e. The number of carbonyl (C=O) groups excluding carboxylic acids is 1. The zero-order valence-corrected chi connectivity index (χ0v) is 22.4. The third-order valence-corrected chi connectivity index (χ3v) is 7.13. The molecule has 0 radical (unpaired) electrons. The Morgan fingerprint density at radius 1 is 1.15 bits per heavy atom. The number of pyridine rings is 3. The van der Waals surface area contributed by atoms with Crippen LogP contribution in [-0.2, 0) is 14.8 Å². The van der Waals surface area contributed by atoms with Crippen LogP contribution < -0.4 is 20.1 Å². The summed E-state index contributed by atoms with van der Waals surface area (Å²) in [5.41, 5.74) is 7.08. The van der Waals surface area contributed by atoms with Crippen molar-refractivity contribution < 1.29 is 24.1 Å². The maximum Gasteiger partial charge on any atom is 0.281 e. The Bertz CT molecular complexity index is 1380. The van der Waals surface area contributed by atoms with Gasteiger partial charge in [0.15, 0.2) is 5.03 Å². The number of nitrogens with zero attached hydrogens (tertiary/aromatic N) is 4. The minimum atomic E-state index is -4.25. The highest BCUT2D eigenvalue weighted by molar-refractivity contribution is 7.90. The first kappa shape index (κ1) is 29.8. The summed E-state index contributed by atoms with van der Waals surface area (Å²) in [4.78, 5) is 28.2. The maximum atomic E-state index is 13.3. The summed E-state index contributed by atoms with van der Waals surface area (Å²) in [7, 11) is -4.25. The second-order valence-corrected chi connectivity index (χ2v) is 10.7. The number of rotatable bonds is 9. The molecule has 1 aliphatic rings. The van der Waals surface area contributed by atoms with Crippen molar-refractivity contribution >= 4 is 27.6 Å². The number of nitrogens with two attached hydrogens (primary N) is 1. The molecular weight excluding hydrogens is 520 g/mol. The summed E-state index contributed by atoms with van der Waals surface area (Å²) < 4.78 is 39.2. The predicted molar refractivity (Wildman–Crippen MR) is 152 cm³/mol. The van der Waals surface area contributed by atoms with E-state index >= 15 is 0 Å². The molecule has 1 saturated heterocycles. The number of anilines is 2. The van der Waals surface area contributed by atoms with E-state index in [-0.39, 0.29) is 37.5 Å². The Balaban J connectivity index is 0.00000280. The van der Waals surface area contributed by atoms with Gasteiger partial charge in [-0.3, -0.25) is 4.79 Å². The van der Waals surface area contributed by atoms with Crippen molar-refractivity contribution in [1.29, 1.82) is 0 Å². The fraction of sp³-hybridized carbons (Fsp3) is 0.407. The lowest BCUT2D eigenvalue weighted by molar-refractivity contribution is 0.0458. The van der Waals surface area contributed by atoms with Crippen LogP contribution in [0.5, 0.6) is 5.88 Å². The number of nitrogen functional groups attached to an aromatic ring is 1. The summed E-state index contributed by atoms with van der Waals surface area (Å²) in [5, 5.41) is -0.343. The molecule has 3 aromatic rings. The van der Waals surface area contributed by atoms with Crippen LogP contribution in [0.2, 0.25) is 0 Å². The van der Waals surface area contributed by atoms with Gasteiger partial charge in [-0.2, -0.15) is 8.42 Å². The first-order chi connectivity index (χ1) is 18.2. The van der Waals surface area contributed by atoms with Crippen LogP contribution in [0.4, 0.5) is 11.6 Å². The van der Waals surface area contributed by atoms with Gasteiger partial charge in [0.1, 0.15) is 11.6 Å². The number of nitrogens with one attached hydrogen (secondary N) is 1. The lowest BCUT2D eigenvalue weighted by atomic mass is 10.1. The highest BCUT2D eigenvalue weighted by Crippen LogP contribution is 2.28. The Labute approximate surface area is 231 Å². The molecule has 212 valence electrons. The molecule has 4 rings (SSSR count). The van der Waals surface area contributed by atoms with Crippen molar-refractivity contribution in [2.75, 3.05) is 30.3 Å². The Morgan fingerprint density at radius 3 is 2.51 bits per heavy atom. The molecule has 11 nitrogen and oxygen atoms in total. The van der Waals surface area contributed by atoms with Crippen molar-refractivity contribution in [3.8, 4) is 17.1 Å². The third kappa shape index (κ3) is 7.42. The molecule has 1 fully saturated rings. The van der Waals surface area contributed by atoms with Crippen molar-refractivity contribution in [3.63, 3.8) is 0 Å². The van der Waals surface area contributed by atoms with E-state index in [0.717, 1.165) is 18.4 Å². The average molecular weight is 559 g/mol. The lowest BCUT2D eigenvalue weighted by Gasteiger charge is -2.33. The van der Waals surface area contributed by atoms with Gasteiger partial charge in [-0.25, -0.2) is 19.7 Å². The van der Waals surface area contributed by atoms with E-state index in [4.69, 9.17) is 20.2 Å². The SMILES string of the molecule is C.CCOC1CCN(c2nc(-c3ccc(OC(C)C)nc3)ccc2C(=O)NS(=O)(=O)c2cccc(N)n2)CC1.[HH]. The van der Waals surface area contributed by atoms with Crippen LogP contribution in [-0.4, -0.2) is 61.2 Å². The molecule has 3 aromatic heterocycles. The highest BCUT2D eigenvalue weighted by atomic mass is 32.2. The lowest BCUT2D eigenvalue weighted by Crippen LogP contribution is -2.39. The smallest absolute Gasteiger partial charge is 0.281 e. The number of ether oxygens (including phenoxy) is 2. The molecule has 12 heteroatoms. The molecule has 0 aliphatic carbocycles. The van der Waals surface area contributed by atoms with Gasteiger partial charge in [0, 0.05) is 38.9 Å². The van der Waals surface area contributed by atoms with E-state index in [2.05, 4.69) is 14.7 Å². The van der Waals surface area contributed by atoms with Crippen molar-refractivity contribution in [1.82, 2.24) is 19.7 Å². The van der Waals surface area contributed by atoms with E-state index in [9.17, 15) is 13.2 Å². The highest BCUT2D eigenvalue weighted by Gasteiger charge is 2.28. The Kier molecular flexibility index (Phi) is 9.81. The molecule has 0 spiro atoms. The van der Waals surface area contributed by atoms with Gasteiger partial charge in [-0.15, -0.1) is 0 Å². The van der Waals surface area contributed by atoms with E-state index in [1.807, 2.05) is 31.7 Å². The van der Waals surface area contributed by atoms with Crippen LogP contribution in [0.3, 0.4) is 0 Å². The number of sulfonamides is 1. The quantitative estimate of drug-likeness (QED) is 0.396. The predicted octanol–water partition coefficient (Wildman–Crippen LogP) is 3.91. The molecule has 4 heterocycles. The number of piperidine rings is 1. The van der Waals surface area contributed by atoms with Gasteiger partial charge in [-0.1, -0.05) is 13.5 Å². The zero-order chi connectivity index (χ0) is 27.3. The van der Waals surface area contributed by atoms with Crippen LogP contribution in [0.15, 0.2) is 53.7 Å². The second kappa shape index (κ2) is 12.9. The molecular formula is C27H38N6O5S. The number of aromatic nitrogens is 3. The van der Waals surface area contributed by atoms with Gasteiger partial charge < -0.3 is 20.1 Å². The zero-order valence-electron chi connectivity index (χ0n) is 21.6. The number of carbonyl (C=O) groups is 1. The van der Waals surface area contributed by atoms with Crippen LogP contribution in [0.1, 0.15) is 52.8 Å². The molecule has 0 bridgehead atoms. The molecule has 1 aliphatic heterocycles. The summed E-state index contributed by atoms with van der Waals surface area (Å²) >= 11 is 0. The second-order valence-electron chi connectivity index (χ2n) is 9.10. The number of amides is 1. The van der Waals surface area contributed by atoms with Crippen molar-refractivity contribution in [3.05, 3.63) is 54.2 Å². The fourth-order valence-corrected chi connectivity index (χ4v) is 5.09. The normalized spacial score (nSPS) is 14.1. The molecule has 0 atom stereocenters. The number of hydrogen-bond acceptors (Lipinski definition) is 10. The van der Waals surface area contributed by atoms with Gasteiger partial charge in [-0.05, 0) is 63.9 Å². The molecule has 0 aromatic carbocycles. The summed E-state index contributed by atoms with van der Waals surface area (Å²) in [6.45, 7) is 7.64. The molecule has 1 amide bonds. The minimum absolute atomic E-state index is 0. The van der Waals surface area contributed by atoms with Crippen molar-refractivity contribution in [2.24, 2.45) is 0 Å². The molecule has 0 saturated carbocycles. The topological polar surface area (TPSA) is 150 Å². The first-order valence-corrected chi connectivity index (χ1v) is 13.9. The van der Waals surface area contributed by atoms with Gasteiger partial charge in [0.2, 0.25) is 5.88 Å². The van der Waals surface area contributed by atoms with Gasteiger partial charge in [0.25, 0.3) is 15.9 Å². The molecule has 39 heavy (non-hydrogen) atoms. The Morgan fingerprint density at radius 2 is 1.90 bits per heavy atom. The minimum Gasteiger partial charge on any atom is -0.475 e. The first-order valence-electron chi connectivity index (χ1n) is 12.5. The van der Waals surface area contributed by atoms with Crippen LogP contribution in [0.25, 0.3) is 11.3 Å². The maximum absolute atomic E-state index is 13.3. The number of hydrogen-bond donors (Lipinski definition) is 2. The molecule has 3 N–H and O–H groups in total. The summed E-state index contributed by atoms with van der Waals surface area (Å²) in [6, 6.07) is 11.0. The van der Waals surface area contributed by atoms with E-state index in [0.29, 0.717) is 37.1 Å². The summed E-state index contributed by atoms with van der Waals surface area (Å²) in [5.74, 6) is 0.100. The van der Waals surface area contributed by atoms with Crippen LogP contribution >= 0.6 is 0 Å². The summed E-state index contributed by atoms with van der Waals surface area (Å²) in [6.07, 6.45) is 3.30. The Hall–Kier alpha value is -3.77. The standard InChI is InChI=1S/C26H32N6O5S.CH4.H2/c1-4-36-19-12-14-32(15-13-19)25-20(26(33)31-38(34,35)24-7-5-6-22(27)30-24)9-10-21(29-25)18-8-11-23(28-16-18)37-17(2)3;;/h5-11,16-17,19H,4,12-15H2,1-3H3,(H2,27,30)(H,31,33);1H4;1H. The molecule has 0 unspecified atom stereocenters. The van der Waals surface area contributed by atoms with Gasteiger partial charge in [0.05, 0.1) is 23.5 Å². The fourth-order valence-electron chi connectivity index (χ4n) is 4.15. The van der Waals surface area contributed by atoms with Crippen LogP contribution in [0, 0.1) is 0 Å². The van der Waals surface area contributed by atoms with E-state index in [1.165, 1.54) is 18.2 Å². The van der Waals surface area contributed by atoms with E-state index < -0.39 is 15.9 Å². The third-order valence-electron chi connectivity index (χ3n) is 5.90. The van der Waals surface area contributed by atoms with E-state index in [1.54, 1.807) is 24.4 Å². The monoisotopic (exact) mass is 558 g/mol. The average Bonchev–Trinajstić information content (AvgIpc) is 2.89. The van der Waals surface area contributed by atoms with Crippen molar-refractivity contribution in [2.45, 2.75) is 58.3 Å². The van der Waals surface area contributed by atoms with Gasteiger partial charge >= 0.3 is 0 Å².